The average molecular weight is 286 g/mol. The lowest BCUT2D eigenvalue weighted by atomic mass is 9.97. The SMILES string of the molecule is CC1CCC(NCc2ccc(N3CCCCC3)cc2)C1C. The molecule has 2 aliphatic rings. The van der Waals surface area contributed by atoms with Crippen LogP contribution in [0.2, 0.25) is 0 Å². The van der Waals surface area contributed by atoms with Crippen molar-refractivity contribution in [1.82, 2.24) is 5.32 Å². The van der Waals surface area contributed by atoms with E-state index in [0.717, 1.165) is 18.4 Å². The van der Waals surface area contributed by atoms with Crippen molar-refractivity contribution in [3.63, 3.8) is 0 Å². The molecule has 0 radical (unpaired) electrons. The van der Waals surface area contributed by atoms with E-state index in [1.807, 2.05) is 0 Å². The van der Waals surface area contributed by atoms with Gasteiger partial charge in [-0.2, -0.15) is 0 Å². The molecule has 0 bridgehead atoms. The number of piperidine rings is 1. The Kier molecular flexibility index (Phi) is 4.84. The minimum atomic E-state index is 0.710. The summed E-state index contributed by atoms with van der Waals surface area (Å²) in [7, 11) is 0. The second-order valence-electron chi connectivity index (χ2n) is 7.12. The molecule has 1 heterocycles. The lowest BCUT2D eigenvalue weighted by Crippen LogP contribution is -2.32. The van der Waals surface area contributed by atoms with Crippen LogP contribution in [0, 0.1) is 11.8 Å². The van der Waals surface area contributed by atoms with E-state index >= 15 is 0 Å². The molecule has 2 heteroatoms. The highest BCUT2D eigenvalue weighted by Crippen LogP contribution is 2.31. The number of anilines is 1. The van der Waals surface area contributed by atoms with E-state index < -0.39 is 0 Å². The predicted molar refractivity (Wildman–Crippen MR) is 90.7 cm³/mol. The molecular weight excluding hydrogens is 256 g/mol. The van der Waals surface area contributed by atoms with Gasteiger partial charge in [0.05, 0.1) is 0 Å². The molecule has 3 atom stereocenters. The monoisotopic (exact) mass is 286 g/mol. The summed E-state index contributed by atoms with van der Waals surface area (Å²) in [6.45, 7) is 8.26. The van der Waals surface area contributed by atoms with Gasteiger partial charge < -0.3 is 10.2 Å². The zero-order valence-electron chi connectivity index (χ0n) is 13.6. The molecule has 116 valence electrons. The van der Waals surface area contributed by atoms with Crippen LogP contribution >= 0.6 is 0 Å². The van der Waals surface area contributed by atoms with Gasteiger partial charge in [-0.1, -0.05) is 26.0 Å². The van der Waals surface area contributed by atoms with Crippen LogP contribution in [0.15, 0.2) is 24.3 Å². The van der Waals surface area contributed by atoms with Gasteiger partial charge in [-0.05, 0) is 61.6 Å². The normalized spacial score (nSPS) is 29.8. The smallest absolute Gasteiger partial charge is 0.0366 e. The predicted octanol–water partition coefficient (Wildman–Crippen LogP) is 4.20. The zero-order chi connectivity index (χ0) is 14.7. The highest BCUT2D eigenvalue weighted by Gasteiger charge is 2.28. The van der Waals surface area contributed by atoms with Crippen LogP contribution in [0.3, 0.4) is 0 Å². The summed E-state index contributed by atoms with van der Waals surface area (Å²) < 4.78 is 0. The molecule has 0 aromatic heterocycles. The van der Waals surface area contributed by atoms with Crippen LogP contribution < -0.4 is 10.2 Å². The maximum atomic E-state index is 3.76. The largest absolute Gasteiger partial charge is 0.372 e. The first kappa shape index (κ1) is 14.9. The molecular formula is C19H30N2. The molecule has 1 aromatic rings. The van der Waals surface area contributed by atoms with Crippen LogP contribution in [0.1, 0.15) is 51.5 Å². The van der Waals surface area contributed by atoms with Gasteiger partial charge in [0.15, 0.2) is 0 Å². The topological polar surface area (TPSA) is 15.3 Å². The van der Waals surface area contributed by atoms with Crippen molar-refractivity contribution >= 4 is 5.69 Å². The van der Waals surface area contributed by atoms with Gasteiger partial charge in [0.2, 0.25) is 0 Å². The Morgan fingerprint density at radius 3 is 2.33 bits per heavy atom. The third kappa shape index (κ3) is 3.60. The minimum Gasteiger partial charge on any atom is -0.372 e. The van der Waals surface area contributed by atoms with Gasteiger partial charge in [0.1, 0.15) is 0 Å². The van der Waals surface area contributed by atoms with Crippen molar-refractivity contribution < 1.29 is 0 Å². The van der Waals surface area contributed by atoms with Crippen molar-refractivity contribution in [3.05, 3.63) is 29.8 Å². The lowest BCUT2D eigenvalue weighted by Gasteiger charge is -2.29. The average Bonchev–Trinajstić information content (AvgIpc) is 2.86. The number of rotatable bonds is 4. The van der Waals surface area contributed by atoms with Gasteiger partial charge in [0, 0.05) is 31.4 Å². The first-order valence-corrected chi connectivity index (χ1v) is 8.81. The minimum absolute atomic E-state index is 0.710. The number of hydrogen-bond acceptors (Lipinski definition) is 2. The summed E-state index contributed by atoms with van der Waals surface area (Å²) >= 11 is 0. The first-order chi connectivity index (χ1) is 10.2. The highest BCUT2D eigenvalue weighted by molar-refractivity contribution is 5.47. The molecule has 0 spiro atoms. The van der Waals surface area contributed by atoms with E-state index in [2.05, 4.69) is 48.3 Å². The van der Waals surface area contributed by atoms with Crippen LogP contribution in [-0.4, -0.2) is 19.1 Å². The van der Waals surface area contributed by atoms with Crippen LogP contribution in [0.25, 0.3) is 0 Å². The first-order valence-electron chi connectivity index (χ1n) is 8.81. The fourth-order valence-corrected chi connectivity index (χ4v) is 3.88. The fraction of sp³-hybridized carbons (Fsp3) is 0.684. The maximum absolute atomic E-state index is 3.76. The molecule has 1 saturated heterocycles. The fourth-order valence-electron chi connectivity index (χ4n) is 3.88. The molecule has 1 saturated carbocycles. The Labute approximate surface area is 129 Å². The summed E-state index contributed by atoms with van der Waals surface area (Å²) in [5.74, 6) is 1.70. The van der Waals surface area contributed by atoms with Gasteiger partial charge in [0.25, 0.3) is 0 Å². The van der Waals surface area contributed by atoms with Crippen molar-refractivity contribution in [2.24, 2.45) is 11.8 Å². The summed E-state index contributed by atoms with van der Waals surface area (Å²) in [6, 6.07) is 9.94. The third-order valence-electron chi connectivity index (χ3n) is 5.69. The van der Waals surface area contributed by atoms with Crippen molar-refractivity contribution in [2.45, 2.75) is 58.5 Å². The Bertz CT molecular complexity index is 433. The van der Waals surface area contributed by atoms with E-state index in [1.165, 1.54) is 56.4 Å². The van der Waals surface area contributed by atoms with E-state index in [4.69, 9.17) is 0 Å². The maximum Gasteiger partial charge on any atom is 0.0366 e. The number of nitrogens with one attached hydrogen (secondary N) is 1. The summed E-state index contributed by atoms with van der Waals surface area (Å²) in [5.41, 5.74) is 2.82. The Morgan fingerprint density at radius 1 is 1.00 bits per heavy atom. The highest BCUT2D eigenvalue weighted by atomic mass is 15.1. The summed E-state index contributed by atoms with van der Waals surface area (Å²) in [6.07, 6.45) is 6.82. The molecule has 1 aliphatic carbocycles. The standard InChI is InChI=1S/C19H30N2/c1-15-6-11-19(16(15)2)20-14-17-7-9-18(10-8-17)21-12-4-3-5-13-21/h7-10,15-16,19-20H,3-6,11-14H2,1-2H3. The molecule has 21 heavy (non-hydrogen) atoms. The molecule has 2 fully saturated rings. The Hall–Kier alpha value is -1.02. The van der Waals surface area contributed by atoms with Gasteiger partial charge in [-0.25, -0.2) is 0 Å². The van der Waals surface area contributed by atoms with E-state index in [-0.39, 0.29) is 0 Å². The Balaban J connectivity index is 1.52. The zero-order valence-corrected chi connectivity index (χ0v) is 13.6. The second-order valence-corrected chi connectivity index (χ2v) is 7.12. The second kappa shape index (κ2) is 6.83. The summed E-state index contributed by atoms with van der Waals surface area (Å²) in [5, 5.41) is 3.76. The number of hydrogen-bond donors (Lipinski definition) is 1. The lowest BCUT2D eigenvalue weighted by molar-refractivity contribution is 0.370. The molecule has 1 N–H and O–H groups in total. The number of nitrogens with zero attached hydrogens (tertiary/aromatic N) is 1. The molecule has 2 nitrogen and oxygen atoms in total. The van der Waals surface area contributed by atoms with Crippen LogP contribution in [0.5, 0.6) is 0 Å². The Morgan fingerprint density at radius 2 is 1.71 bits per heavy atom. The van der Waals surface area contributed by atoms with E-state index in [1.54, 1.807) is 0 Å². The van der Waals surface area contributed by atoms with E-state index in [9.17, 15) is 0 Å². The van der Waals surface area contributed by atoms with Gasteiger partial charge >= 0.3 is 0 Å². The molecule has 3 unspecified atom stereocenters. The van der Waals surface area contributed by atoms with Crippen molar-refractivity contribution in [1.29, 1.82) is 0 Å². The van der Waals surface area contributed by atoms with Crippen LogP contribution in [-0.2, 0) is 6.54 Å². The summed E-state index contributed by atoms with van der Waals surface area (Å²) in [4.78, 5) is 2.53. The molecule has 0 amide bonds. The number of benzene rings is 1. The van der Waals surface area contributed by atoms with Crippen molar-refractivity contribution in [2.75, 3.05) is 18.0 Å². The third-order valence-corrected chi connectivity index (χ3v) is 5.69. The quantitative estimate of drug-likeness (QED) is 0.892. The van der Waals surface area contributed by atoms with Gasteiger partial charge in [-0.3, -0.25) is 0 Å². The van der Waals surface area contributed by atoms with Crippen molar-refractivity contribution in [3.8, 4) is 0 Å². The van der Waals surface area contributed by atoms with E-state index in [0.29, 0.717) is 6.04 Å². The molecule has 3 rings (SSSR count). The van der Waals surface area contributed by atoms with Gasteiger partial charge in [-0.15, -0.1) is 0 Å². The molecule has 1 aliphatic heterocycles. The molecule has 1 aromatic carbocycles. The van der Waals surface area contributed by atoms with Crippen LogP contribution in [0.4, 0.5) is 5.69 Å².